The fraction of sp³-hybridized carbons (Fsp3) is 0.538. The van der Waals surface area contributed by atoms with Gasteiger partial charge in [-0.2, -0.15) is 0 Å². The first-order chi connectivity index (χ1) is 8.24. The van der Waals surface area contributed by atoms with Crippen LogP contribution in [0.1, 0.15) is 25.3 Å². The number of hydrogen-bond donors (Lipinski definition) is 1. The first-order valence-electron chi connectivity index (χ1n) is 5.96. The van der Waals surface area contributed by atoms with Gasteiger partial charge < -0.3 is 10.1 Å². The molecule has 2 nitrogen and oxygen atoms in total. The van der Waals surface area contributed by atoms with Crippen molar-refractivity contribution in [1.82, 2.24) is 5.32 Å². The maximum absolute atomic E-state index is 5.88. The summed E-state index contributed by atoms with van der Waals surface area (Å²) in [5.74, 6) is 0. The summed E-state index contributed by atoms with van der Waals surface area (Å²) in [6, 6.07) is 5.86. The van der Waals surface area contributed by atoms with Gasteiger partial charge in [-0.15, -0.1) is 0 Å². The van der Waals surface area contributed by atoms with Crippen LogP contribution in [0.4, 0.5) is 0 Å². The Balaban J connectivity index is 2.14. The Morgan fingerprint density at radius 2 is 2.18 bits per heavy atom. The lowest BCUT2D eigenvalue weighted by Gasteiger charge is -2.07. The van der Waals surface area contributed by atoms with Crippen molar-refractivity contribution in [1.29, 1.82) is 0 Å². The van der Waals surface area contributed by atoms with Gasteiger partial charge in [0.1, 0.15) is 0 Å². The molecule has 4 heteroatoms. The molecular weight excluding hydrogens is 302 g/mol. The highest BCUT2D eigenvalue weighted by Crippen LogP contribution is 2.21. The second-order valence-corrected chi connectivity index (χ2v) is 5.17. The third kappa shape index (κ3) is 6.41. The molecule has 0 atom stereocenters. The second kappa shape index (κ2) is 8.92. The molecule has 0 saturated carbocycles. The number of ether oxygens (including phenoxy) is 1. The summed E-state index contributed by atoms with van der Waals surface area (Å²) in [4.78, 5) is 0. The molecule has 0 heterocycles. The van der Waals surface area contributed by atoms with Gasteiger partial charge >= 0.3 is 0 Å². The van der Waals surface area contributed by atoms with E-state index in [1.807, 2.05) is 18.2 Å². The van der Waals surface area contributed by atoms with Crippen LogP contribution in [0.5, 0.6) is 0 Å². The number of hydrogen-bond acceptors (Lipinski definition) is 2. The fourth-order valence-corrected chi connectivity index (χ4v) is 2.26. The van der Waals surface area contributed by atoms with Gasteiger partial charge in [0.25, 0.3) is 0 Å². The largest absolute Gasteiger partial charge is 0.381 e. The lowest BCUT2D eigenvalue weighted by atomic mass is 10.2. The monoisotopic (exact) mass is 319 g/mol. The predicted molar refractivity (Wildman–Crippen MR) is 76.6 cm³/mol. The zero-order chi connectivity index (χ0) is 12.5. The number of nitrogens with one attached hydrogen (secondary N) is 1. The Morgan fingerprint density at radius 3 is 2.88 bits per heavy atom. The second-order valence-electron chi connectivity index (χ2n) is 3.88. The van der Waals surface area contributed by atoms with Crippen molar-refractivity contribution < 1.29 is 4.74 Å². The smallest absolute Gasteiger partial charge is 0.0478 e. The normalized spacial score (nSPS) is 10.8. The Morgan fingerprint density at radius 1 is 1.35 bits per heavy atom. The predicted octanol–water partition coefficient (Wildman–Crippen LogP) is 4.01. The minimum Gasteiger partial charge on any atom is -0.381 e. The van der Waals surface area contributed by atoms with Gasteiger partial charge in [-0.3, -0.25) is 0 Å². The summed E-state index contributed by atoms with van der Waals surface area (Å²) in [6.07, 6.45) is 2.14. The van der Waals surface area contributed by atoms with Gasteiger partial charge in [0.15, 0.2) is 0 Å². The molecule has 0 amide bonds. The van der Waals surface area contributed by atoms with Crippen molar-refractivity contribution in [3.05, 3.63) is 33.3 Å². The van der Waals surface area contributed by atoms with Gasteiger partial charge in [0, 0.05) is 29.3 Å². The highest BCUT2D eigenvalue weighted by atomic mass is 79.9. The Kier molecular flexibility index (Phi) is 7.86. The summed E-state index contributed by atoms with van der Waals surface area (Å²) in [7, 11) is 0. The quantitative estimate of drug-likeness (QED) is 0.731. The first kappa shape index (κ1) is 15.0. The first-order valence-corrected chi connectivity index (χ1v) is 7.13. The summed E-state index contributed by atoms with van der Waals surface area (Å²) in [5, 5.41) is 4.14. The molecule has 17 heavy (non-hydrogen) atoms. The van der Waals surface area contributed by atoms with Crippen LogP contribution in [0.25, 0.3) is 0 Å². The van der Waals surface area contributed by atoms with Crippen LogP contribution in [-0.4, -0.2) is 19.8 Å². The van der Waals surface area contributed by atoms with Crippen LogP contribution in [0, 0.1) is 0 Å². The number of benzene rings is 1. The average Bonchev–Trinajstić information content (AvgIpc) is 2.30. The molecule has 0 aromatic heterocycles. The van der Waals surface area contributed by atoms with Crippen molar-refractivity contribution in [2.75, 3.05) is 19.8 Å². The van der Waals surface area contributed by atoms with E-state index >= 15 is 0 Å². The van der Waals surface area contributed by atoms with Crippen LogP contribution >= 0.6 is 27.5 Å². The zero-order valence-electron chi connectivity index (χ0n) is 10.1. The number of halogens is 2. The number of rotatable bonds is 8. The molecule has 1 aromatic carbocycles. The third-order valence-electron chi connectivity index (χ3n) is 2.32. The van der Waals surface area contributed by atoms with Crippen LogP contribution in [0.2, 0.25) is 5.02 Å². The highest BCUT2D eigenvalue weighted by molar-refractivity contribution is 9.10. The lowest BCUT2D eigenvalue weighted by Crippen LogP contribution is -2.16. The van der Waals surface area contributed by atoms with E-state index in [0.717, 1.165) is 48.6 Å². The van der Waals surface area contributed by atoms with E-state index in [9.17, 15) is 0 Å². The Hall–Kier alpha value is -0.0900. The molecule has 1 rings (SSSR count). The standard InChI is InChI=1S/C13H19BrClNO/c1-2-7-17-8-3-6-16-10-11-4-5-12(15)9-13(11)14/h4-5,9,16H,2-3,6-8,10H2,1H3. The summed E-state index contributed by atoms with van der Waals surface area (Å²) in [6.45, 7) is 5.64. The minimum atomic E-state index is 0.758. The molecule has 0 radical (unpaired) electrons. The van der Waals surface area contributed by atoms with Gasteiger partial charge in [0.05, 0.1) is 0 Å². The molecule has 0 aliphatic carbocycles. The molecule has 0 aliphatic rings. The van der Waals surface area contributed by atoms with Crippen molar-refractivity contribution in [3.8, 4) is 0 Å². The lowest BCUT2D eigenvalue weighted by molar-refractivity contribution is 0.132. The van der Waals surface area contributed by atoms with E-state index < -0.39 is 0 Å². The van der Waals surface area contributed by atoms with Crippen LogP contribution in [0.3, 0.4) is 0 Å². The highest BCUT2D eigenvalue weighted by Gasteiger charge is 1.99. The summed E-state index contributed by atoms with van der Waals surface area (Å²) in [5.41, 5.74) is 1.23. The molecule has 0 unspecified atom stereocenters. The van der Waals surface area contributed by atoms with E-state index in [0.29, 0.717) is 0 Å². The van der Waals surface area contributed by atoms with Crippen molar-refractivity contribution >= 4 is 27.5 Å². The van der Waals surface area contributed by atoms with E-state index in [-0.39, 0.29) is 0 Å². The van der Waals surface area contributed by atoms with Crippen LogP contribution < -0.4 is 5.32 Å². The minimum absolute atomic E-state index is 0.758. The van der Waals surface area contributed by atoms with Crippen molar-refractivity contribution in [3.63, 3.8) is 0 Å². The fourth-order valence-electron chi connectivity index (χ4n) is 1.43. The molecule has 0 spiro atoms. The van der Waals surface area contributed by atoms with Gasteiger partial charge in [0.2, 0.25) is 0 Å². The average molecular weight is 321 g/mol. The van der Waals surface area contributed by atoms with Crippen LogP contribution in [0.15, 0.2) is 22.7 Å². The molecule has 0 aliphatic heterocycles. The topological polar surface area (TPSA) is 21.3 Å². The Labute approximate surface area is 117 Å². The van der Waals surface area contributed by atoms with Crippen LogP contribution in [-0.2, 0) is 11.3 Å². The molecule has 0 fully saturated rings. The summed E-state index contributed by atoms with van der Waals surface area (Å²) < 4.78 is 6.46. The third-order valence-corrected chi connectivity index (χ3v) is 3.29. The van der Waals surface area contributed by atoms with E-state index in [2.05, 4.69) is 28.2 Å². The maximum atomic E-state index is 5.88. The maximum Gasteiger partial charge on any atom is 0.0478 e. The summed E-state index contributed by atoms with van der Waals surface area (Å²) >= 11 is 9.38. The zero-order valence-corrected chi connectivity index (χ0v) is 12.5. The van der Waals surface area contributed by atoms with Crippen molar-refractivity contribution in [2.24, 2.45) is 0 Å². The van der Waals surface area contributed by atoms with E-state index in [1.165, 1.54) is 5.56 Å². The van der Waals surface area contributed by atoms with E-state index in [4.69, 9.17) is 16.3 Å². The molecule has 0 bridgehead atoms. The SMILES string of the molecule is CCCOCCCNCc1ccc(Cl)cc1Br. The molecule has 1 aromatic rings. The van der Waals surface area contributed by atoms with E-state index in [1.54, 1.807) is 0 Å². The molecule has 96 valence electrons. The van der Waals surface area contributed by atoms with Gasteiger partial charge in [-0.25, -0.2) is 0 Å². The molecular formula is C13H19BrClNO. The van der Waals surface area contributed by atoms with Gasteiger partial charge in [-0.05, 0) is 37.1 Å². The molecule has 1 N–H and O–H groups in total. The molecule has 0 saturated heterocycles. The van der Waals surface area contributed by atoms with Gasteiger partial charge in [-0.1, -0.05) is 40.5 Å². The van der Waals surface area contributed by atoms with Crippen molar-refractivity contribution in [2.45, 2.75) is 26.3 Å². The Bertz CT molecular complexity index is 333.